The van der Waals surface area contributed by atoms with Gasteiger partial charge in [0.2, 0.25) is 11.6 Å². The molecule has 1 saturated heterocycles. The lowest BCUT2D eigenvalue weighted by Crippen LogP contribution is -2.30. The number of nitrogens with two attached hydrogens (primary N) is 1. The molecule has 32 heavy (non-hydrogen) atoms. The monoisotopic (exact) mass is 453 g/mol. The van der Waals surface area contributed by atoms with Gasteiger partial charge in [-0.15, -0.1) is 0 Å². The molecule has 1 fully saturated rings. The molecule has 0 spiro atoms. The van der Waals surface area contributed by atoms with E-state index in [0.29, 0.717) is 30.0 Å². The lowest BCUT2D eigenvalue weighted by molar-refractivity contribution is -0.117. The summed E-state index contributed by atoms with van der Waals surface area (Å²) >= 11 is 0.932. The van der Waals surface area contributed by atoms with Crippen LogP contribution in [-0.4, -0.2) is 54.0 Å². The Labute approximate surface area is 191 Å². The minimum Gasteiger partial charge on any atom is -0.368 e. The summed E-state index contributed by atoms with van der Waals surface area (Å²) in [5.74, 6) is -0.922. The maximum atomic E-state index is 14.4. The highest BCUT2D eigenvalue weighted by Crippen LogP contribution is 2.43. The van der Waals surface area contributed by atoms with Gasteiger partial charge in [0.05, 0.1) is 18.3 Å². The zero-order valence-corrected chi connectivity index (χ0v) is 18.8. The van der Waals surface area contributed by atoms with Crippen LogP contribution in [0.25, 0.3) is 4.85 Å². The van der Waals surface area contributed by atoms with Crippen LogP contribution in [-0.2, 0) is 11.2 Å². The number of amides is 1. The molecule has 2 aromatic rings. The van der Waals surface area contributed by atoms with Crippen LogP contribution in [0, 0.1) is 23.7 Å². The molecule has 0 bridgehead atoms. The van der Waals surface area contributed by atoms with Gasteiger partial charge in [0.1, 0.15) is 28.0 Å². The Morgan fingerprint density at radius 2 is 2.22 bits per heavy atom. The minimum atomic E-state index is -1.09. The summed E-state index contributed by atoms with van der Waals surface area (Å²) < 4.78 is 14.4. The maximum absolute atomic E-state index is 14.4. The van der Waals surface area contributed by atoms with Gasteiger partial charge in [-0.2, -0.15) is 5.26 Å². The molecule has 0 aromatic carbocycles. The van der Waals surface area contributed by atoms with Crippen LogP contribution in [0.3, 0.4) is 0 Å². The number of thioether (sulfide) groups is 1. The first-order chi connectivity index (χ1) is 15.4. The smallest absolute Gasteiger partial charge is 0.235 e. The van der Waals surface area contributed by atoms with E-state index < -0.39 is 17.0 Å². The largest absolute Gasteiger partial charge is 0.368 e. The van der Waals surface area contributed by atoms with E-state index in [-0.39, 0.29) is 16.2 Å². The molecule has 166 valence electrons. The third-order valence-corrected chi connectivity index (χ3v) is 6.63. The minimum absolute atomic E-state index is 0.0773. The molecule has 2 aromatic heterocycles. The van der Waals surface area contributed by atoms with Gasteiger partial charge >= 0.3 is 0 Å². The fourth-order valence-electron chi connectivity index (χ4n) is 3.71. The molecular weight excluding hydrogens is 429 g/mol. The fraction of sp³-hybridized carbons (Fsp3) is 0.409. The number of nitriles is 1. The predicted octanol–water partition coefficient (Wildman–Crippen LogP) is 3.06. The summed E-state index contributed by atoms with van der Waals surface area (Å²) in [6, 6.07) is 3.53. The third kappa shape index (κ3) is 4.82. The van der Waals surface area contributed by atoms with E-state index >= 15 is 0 Å². The number of primary amides is 1. The van der Waals surface area contributed by atoms with Crippen molar-refractivity contribution in [2.45, 2.75) is 30.0 Å². The van der Waals surface area contributed by atoms with Crippen LogP contribution in [0.1, 0.15) is 35.3 Å². The van der Waals surface area contributed by atoms with E-state index in [4.69, 9.17) is 12.3 Å². The first kappa shape index (κ1) is 23.5. The van der Waals surface area contributed by atoms with E-state index in [1.807, 2.05) is 18.9 Å². The average molecular weight is 454 g/mol. The van der Waals surface area contributed by atoms with Crippen molar-refractivity contribution in [2.75, 3.05) is 38.1 Å². The van der Waals surface area contributed by atoms with Crippen LogP contribution in [0.5, 0.6) is 0 Å². The second-order valence-corrected chi connectivity index (χ2v) is 8.56. The quantitative estimate of drug-likeness (QED) is 0.530. The summed E-state index contributed by atoms with van der Waals surface area (Å²) in [7, 11) is 2.05. The highest BCUT2D eigenvalue weighted by molar-refractivity contribution is 8.00. The van der Waals surface area contributed by atoms with Crippen LogP contribution in [0.4, 0.5) is 15.9 Å². The Balaban J connectivity index is 2.14. The average Bonchev–Trinajstić information content (AvgIpc) is 3.01. The molecule has 0 radical (unpaired) electrons. The molecule has 1 aliphatic heterocycles. The Hall–Kier alpha value is -3.21. The van der Waals surface area contributed by atoms with Gasteiger partial charge in [0.25, 0.3) is 0 Å². The van der Waals surface area contributed by atoms with Crippen molar-refractivity contribution in [3.05, 3.63) is 52.4 Å². The molecule has 8 nitrogen and oxygen atoms in total. The van der Waals surface area contributed by atoms with Gasteiger partial charge in [-0.1, -0.05) is 18.7 Å². The van der Waals surface area contributed by atoms with E-state index in [9.17, 15) is 14.4 Å². The molecule has 1 unspecified atom stereocenters. The van der Waals surface area contributed by atoms with E-state index in [2.05, 4.69) is 25.8 Å². The van der Waals surface area contributed by atoms with Gasteiger partial charge in [0.15, 0.2) is 0 Å². The predicted molar refractivity (Wildman–Crippen MR) is 121 cm³/mol. The number of anilines is 1. The van der Waals surface area contributed by atoms with Crippen molar-refractivity contribution < 1.29 is 9.18 Å². The summed E-state index contributed by atoms with van der Waals surface area (Å²) in [4.78, 5) is 28.6. The zero-order valence-electron chi connectivity index (χ0n) is 18.0. The van der Waals surface area contributed by atoms with Gasteiger partial charge in [-0.05, 0) is 38.1 Å². The van der Waals surface area contributed by atoms with E-state index in [1.165, 1.54) is 12.3 Å². The van der Waals surface area contributed by atoms with Crippen LogP contribution >= 0.6 is 11.8 Å². The Kier molecular flexibility index (Phi) is 7.62. The summed E-state index contributed by atoms with van der Waals surface area (Å²) in [6.07, 6.45) is 3.75. The van der Waals surface area contributed by atoms with Crippen molar-refractivity contribution >= 4 is 29.2 Å². The maximum Gasteiger partial charge on any atom is 0.235 e. The second kappa shape index (κ2) is 10.4. The number of carbonyl (C=O) groups is 1. The molecule has 3 rings (SSSR count). The molecule has 1 atom stereocenters. The molecule has 10 heteroatoms. The van der Waals surface area contributed by atoms with Gasteiger partial charge in [0, 0.05) is 31.4 Å². The second-order valence-electron chi connectivity index (χ2n) is 7.46. The first-order valence-electron chi connectivity index (χ1n) is 10.2. The molecule has 3 heterocycles. The molecule has 1 aliphatic rings. The number of hydrogen-bond donors (Lipinski definition) is 1. The number of hydrogen-bond acceptors (Lipinski definition) is 7. The normalized spacial score (nSPS) is 15.5. The number of aromatic nitrogens is 2. The third-order valence-electron chi connectivity index (χ3n) is 5.39. The van der Waals surface area contributed by atoms with Crippen molar-refractivity contribution in [1.29, 1.82) is 5.26 Å². The van der Waals surface area contributed by atoms with Crippen molar-refractivity contribution in [3.63, 3.8) is 0 Å². The number of rotatable bonds is 6. The van der Waals surface area contributed by atoms with Crippen LogP contribution in [0.2, 0.25) is 0 Å². The first-order valence-corrected chi connectivity index (χ1v) is 11.1. The highest BCUT2D eigenvalue weighted by atomic mass is 32.2. The molecule has 2 N–H and O–H groups in total. The van der Waals surface area contributed by atoms with E-state index in [1.54, 1.807) is 0 Å². The van der Waals surface area contributed by atoms with Gasteiger partial charge in [-0.3, -0.25) is 9.78 Å². The molecule has 0 aliphatic carbocycles. The van der Waals surface area contributed by atoms with E-state index in [0.717, 1.165) is 44.0 Å². The van der Waals surface area contributed by atoms with Crippen molar-refractivity contribution in [2.24, 2.45) is 5.73 Å². The zero-order chi connectivity index (χ0) is 23.3. The lowest BCUT2D eigenvalue weighted by atomic mass is 10.1. The Morgan fingerprint density at radius 3 is 2.84 bits per heavy atom. The van der Waals surface area contributed by atoms with Gasteiger partial charge in [-0.25, -0.2) is 14.2 Å². The van der Waals surface area contributed by atoms with Crippen molar-refractivity contribution in [3.8, 4) is 6.07 Å². The number of likely N-dealkylation sites (N-methyl/N-ethyl adjacent to an activating group) is 1. The van der Waals surface area contributed by atoms with Crippen molar-refractivity contribution in [1.82, 2.24) is 14.9 Å². The molecular formula is C22H24FN7OS. The SMILES string of the molecule is [C-]#[N+]c1c(N2CCCN(C)CC2)nc(SC(C(N)=O)c2ccncc2F)c(C#N)c1CC. The number of halogens is 1. The van der Waals surface area contributed by atoms with Crippen LogP contribution < -0.4 is 10.6 Å². The summed E-state index contributed by atoms with van der Waals surface area (Å²) in [5.41, 5.74) is 6.82. The Morgan fingerprint density at radius 1 is 1.44 bits per heavy atom. The van der Waals surface area contributed by atoms with Crippen LogP contribution in [0.15, 0.2) is 23.5 Å². The molecule has 0 saturated carbocycles. The highest BCUT2D eigenvalue weighted by Gasteiger charge is 2.29. The molecule has 1 amide bonds. The Bertz CT molecular complexity index is 1090. The fourth-order valence-corrected chi connectivity index (χ4v) is 4.80. The lowest BCUT2D eigenvalue weighted by Gasteiger charge is -2.26. The summed E-state index contributed by atoms with van der Waals surface area (Å²) in [6.45, 7) is 12.8. The standard InChI is InChI=1S/C22H24FN7OS/c1-4-14-16(12-24)22(32-19(20(25)31)15-6-7-27-13-17(15)23)28-21(18(14)26-2)30-9-5-8-29(3)10-11-30/h6-7,13,19H,4-5,8-11H2,1,3H3,(H2,25,31). The number of pyridine rings is 2. The number of nitrogens with zero attached hydrogens (tertiary/aromatic N) is 6. The number of carbonyl (C=O) groups excluding carboxylic acids is 1. The van der Waals surface area contributed by atoms with Gasteiger partial charge < -0.3 is 15.5 Å². The summed E-state index contributed by atoms with van der Waals surface area (Å²) in [5, 5.41) is 9.06. The topological polar surface area (TPSA) is 104 Å².